The van der Waals surface area contributed by atoms with E-state index in [1.807, 2.05) is 29.2 Å². The predicted octanol–water partition coefficient (Wildman–Crippen LogP) is 2.87. The van der Waals surface area contributed by atoms with E-state index in [9.17, 15) is 9.59 Å². The van der Waals surface area contributed by atoms with Gasteiger partial charge in [0.25, 0.3) is 0 Å². The van der Waals surface area contributed by atoms with Gasteiger partial charge in [0.15, 0.2) is 11.5 Å². The minimum atomic E-state index is -0.302. The second-order valence-electron chi connectivity index (χ2n) is 8.04. The molecule has 0 saturated carbocycles. The molecule has 2 saturated heterocycles. The molecule has 9 heteroatoms. The molecule has 4 heterocycles. The summed E-state index contributed by atoms with van der Waals surface area (Å²) >= 11 is 7.62. The number of hydrogen-bond donors (Lipinski definition) is 0. The number of nitrogens with zero attached hydrogens (tertiary/aromatic N) is 3. The Hall–Kier alpha value is -2.29. The van der Waals surface area contributed by atoms with Crippen LogP contribution in [0.1, 0.15) is 11.3 Å². The zero-order chi connectivity index (χ0) is 21.4. The van der Waals surface area contributed by atoms with Gasteiger partial charge in [-0.15, -0.1) is 11.3 Å². The van der Waals surface area contributed by atoms with Gasteiger partial charge in [-0.05, 0) is 24.3 Å². The van der Waals surface area contributed by atoms with Gasteiger partial charge in [0.2, 0.25) is 11.8 Å². The van der Waals surface area contributed by atoms with Gasteiger partial charge in [-0.25, -0.2) is 0 Å². The van der Waals surface area contributed by atoms with Crippen LogP contribution in [0.4, 0.5) is 5.69 Å². The first-order valence-corrected chi connectivity index (χ1v) is 11.7. The van der Waals surface area contributed by atoms with Crippen molar-refractivity contribution in [2.75, 3.05) is 50.8 Å². The van der Waals surface area contributed by atoms with Gasteiger partial charge in [0.05, 0.1) is 10.3 Å². The van der Waals surface area contributed by atoms with Crippen LogP contribution >= 0.6 is 22.9 Å². The summed E-state index contributed by atoms with van der Waals surface area (Å²) in [5.74, 6) is 1.09. The lowest BCUT2D eigenvalue weighted by Crippen LogP contribution is -2.50. The van der Waals surface area contributed by atoms with Crippen LogP contribution in [0, 0.1) is 5.92 Å². The Kier molecular flexibility index (Phi) is 5.77. The van der Waals surface area contributed by atoms with Crippen molar-refractivity contribution in [2.45, 2.75) is 13.0 Å². The number of benzene rings is 1. The third kappa shape index (κ3) is 4.37. The quantitative estimate of drug-likeness (QED) is 0.700. The Morgan fingerprint density at radius 3 is 2.58 bits per heavy atom. The first-order chi connectivity index (χ1) is 15.1. The van der Waals surface area contributed by atoms with Gasteiger partial charge in [0.1, 0.15) is 13.2 Å². The summed E-state index contributed by atoms with van der Waals surface area (Å²) in [6, 6.07) is 9.49. The van der Waals surface area contributed by atoms with Crippen molar-refractivity contribution in [2.24, 2.45) is 5.92 Å². The van der Waals surface area contributed by atoms with Crippen LogP contribution in [0.2, 0.25) is 4.34 Å². The zero-order valence-corrected chi connectivity index (χ0v) is 18.7. The number of fused-ring (bicyclic) bond motifs is 1. The Morgan fingerprint density at radius 1 is 1.06 bits per heavy atom. The molecule has 164 valence electrons. The minimum Gasteiger partial charge on any atom is -0.486 e. The van der Waals surface area contributed by atoms with Gasteiger partial charge >= 0.3 is 0 Å². The average Bonchev–Trinajstić information content (AvgIpc) is 3.38. The van der Waals surface area contributed by atoms with E-state index in [0.717, 1.165) is 29.7 Å². The molecule has 0 spiro atoms. The summed E-state index contributed by atoms with van der Waals surface area (Å²) in [6.45, 7) is 5.32. The third-order valence-electron chi connectivity index (χ3n) is 6.00. The van der Waals surface area contributed by atoms with Crippen molar-refractivity contribution >= 4 is 40.4 Å². The van der Waals surface area contributed by atoms with Crippen LogP contribution in [-0.2, 0) is 16.1 Å². The molecule has 31 heavy (non-hydrogen) atoms. The molecule has 2 amide bonds. The topological polar surface area (TPSA) is 62.3 Å². The molecular formula is C22H24ClN3O4S. The van der Waals surface area contributed by atoms with E-state index < -0.39 is 0 Å². The maximum atomic E-state index is 13.1. The molecule has 0 N–H and O–H groups in total. The molecule has 0 radical (unpaired) electrons. The summed E-state index contributed by atoms with van der Waals surface area (Å²) in [5, 5.41) is 0. The molecule has 2 aromatic rings. The first-order valence-electron chi connectivity index (χ1n) is 10.5. The van der Waals surface area contributed by atoms with Gasteiger partial charge < -0.3 is 19.3 Å². The summed E-state index contributed by atoms with van der Waals surface area (Å²) in [7, 11) is 0. The van der Waals surface area contributed by atoms with Crippen molar-refractivity contribution in [3.8, 4) is 11.5 Å². The Morgan fingerprint density at radius 2 is 1.84 bits per heavy atom. The fourth-order valence-electron chi connectivity index (χ4n) is 4.36. The summed E-state index contributed by atoms with van der Waals surface area (Å²) < 4.78 is 12.0. The molecule has 3 aliphatic heterocycles. The van der Waals surface area contributed by atoms with Crippen LogP contribution in [0.3, 0.4) is 0 Å². The molecule has 2 fully saturated rings. The molecule has 1 atom stereocenters. The monoisotopic (exact) mass is 461 g/mol. The van der Waals surface area contributed by atoms with Crippen molar-refractivity contribution in [3.05, 3.63) is 39.5 Å². The largest absolute Gasteiger partial charge is 0.486 e. The Bertz CT molecular complexity index is 989. The number of piperazine rings is 1. The van der Waals surface area contributed by atoms with Crippen molar-refractivity contribution < 1.29 is 19.1 Å². The molecule has 0 bridgehead atoms. The lowest BCUT2D eigenvalue weighted by atomic mass is 10.1. The minimum absolute atomic E-state index is 0.0248. The zero-order valence-electron chi connectivity index (χ0n) is 17.1. The lowest BCUT2D eigenvalue weighted by Gasteiger charge is -2.35. The van der Waals surface area contributed by atoms with E-state index in [-0.39, 0.29) is 24.2 Å². The number of halogens is 1. The second kappa shape index (κ2) is 8.68. The number of thiophene rings is 1. The maximum absolute atomic E-state index is 13.1. The van der Waals surface area contributed by atoms with Crippen LogP contribution in [0.15, 0.2) is 30.3 Å². The third-order valence-corrected chi connectivity index (χ3v) is 7.22. The molecule has 1 unspecified atom stereocenters. The highest BCUT2D eigenvalue weighted by Crippen LogP contribution is 2.36. The lowest BCUT2D eigenvalue weighted by molar-refractivity contribution is -0.137. The van der Waals surface area contributed by atoms with E-state index >= 15 is 0 Å². The van der Waals surface area contributed by atoms with Gasteiger partial charge in [-0.1, -0.05) is 11.6 Å². The van der Waals surface area contributed by atoms with Crippen LogP contribution in [-0.4, -0.2) is 67.6 Å². The van der Waals surface area contributed by atoms with Crippen LogP contribution < -0.4 is 14.4 Å². The fourth-order valence-corrected chi connectivity index (χ4v) is 5.49. The number of carbonyl (C=O) groups excluding carboxylic acids is 2. The van der Waals surface area contributed by atoms with Crippen molar-refractivity contribution in [1.29, 1.82) is 0 Å². The number of amides is 2. The summed E-state index contributed by atoms with van der Waals surface area (Å²) in [6.07, 6.45) is 0.251. The molecule has 3 aliphatic rings. The van der Waals surface area contributed by atoms with Gasteiger partial charge in [-0.3, -0.25) is 14.5 Å². The molecule has 1 aromatic carbocycles. The number of anilines is 1. The Balaban J connectivity index is 1.18. The molecule has 0 aliphatic carbocycles. The molecule has 5 rings (SSSR count). The van der Waals surface area contributed by atoms with E-state index in [4.69, 9.17) is 21.1 Å². The van der Waals surface area contributed by atoms with E-state index in [0.29, 0.717) is 44.3 Å². The van der Waals surface area contributed by atoms with Crippen LogP contribution in [0.25, 0.3) is 0 Å². The SMILES string of the molecule is O=C(C1CC(=O)N(c2ccc3c(c2)OCCO3)C1)N1CCN(Cc2ccc(Cl)s2)CC1. The highest BCUT2D eigenvalue weighted by molar-refractivity contribution is 7.16. The summed E-state index contributed by atoms with van der Waals surface area (Å²) in [5.41, 5.74) is 0.754. The molecule has 1 aromatic heterocycles. The van der Waals surface area contributed by atoms with Gasteiger partial charge in [-0.2, -0.15) is 0 Å². The highest BCUT2D eigenvalue weighted by Gasteiger charge is 2.38. The number of rotatable bonds is 4. The average molecular weight is 462 g/mol. The number of ether oxygens (including phenoxy) is 2. The molecule has 7 nitrogen and oxygen atoms in total. The standard InChI is InChI=1S/C22H24ClN3O4S/c23-20-4-2-17(31-20)14-24-5-7-25(8-6-24)22(28)15-11-21(27)26(13-15)16-1-3-18-19(12-16)30-10-9-29-18/h1-4,12,15H,5-11,13-14H2. The number of carbonyl (C=O) groups is 2. The summed E-state index contributed by atoms with van der Waals surface area (Å²) in [4.78, 5) is 32.9. The maximum Gasteiger partial charge on any atom is 0.228 e. The van der Waals surface area contributed by atoms with E-state index in [1.165, 1.54) is 4.88 Å². The predicted molar refractivity (Wildman–Crippen MR) is 119 cm³/mol. The molecular weight excluding hydrogens is 438 g/mol. The second-order valence-corrected chi connectivity index (χ2v) is 9.84. The fraction of sp³-hybridized carbons (Fsp3) is 0.455. The van der Waals surface area contributed by atoms with Gasteiger partial charge in [0, 0.05) is 62.3 Å². The Labute approximate surface area is 190 Å². The first kappa shape index (κ1) is 20.6. The highest BCUT2D eigenvalue weighted by atomic mass is 35.5. The normalized spacial score (nSPS) is 21.6. The van der Waals surface area contributed by atoms with Crippen LogP contribution in [0.5, 0.6) is 11.5 Å². The van der Waals surface area contributed by atoms with Crippen molar-refractivity contribution in [1.82, 2.24) is 9.80 Å². The van der Waals surface area contributed by atoms with E-state index in [2.05, 4.69) is 11.0 Å². The van der Waals surface area contributed by atoms with Crippen molar-refractivity contribution in [3.63, 3.8) is 0 Å². The van der Waals surface area contributed by atoms with E-state index in [1.54, 1.807) is 16.2 Å². The number of hydrogen-bond acceptors (Lipinski definition) is 6. The smallest absolute Gasteiger partial charge is 0.228 e.